The van der Waals surface area contributed by atoms with Gasteiger partial charge in [0.05, 0.1) is 5.39 Å². The number of carbonyl (C=O) groups is 1. The number of aromatic nitrogens is 2. The SMILES string of the molecule is CC(=O)Nc1ccc(Oc2ncnc3scc(-c4ccc(C)c(C)c4)c23)cc1. The normalized spacial score (nSPS) is 10.8. The zero-order valence-corrected chi connectivity index (χ0v) is 16.6. The molecule has 0 atom stereocenters. The van der Waals surface area contributed by atoms with E-state index in [1.807, 2.05) is 0 Å². The average molecular weight is 389 g/mol. The van der Waals surface area contributed by atoms with Gasteiger partial charge in [-0.25, -0.2) is 9.97 Å². The van der Waals surface area contributed by atoms with Crippen LogP contribution in [0.25, 0.3) is 21.3 Å². The number of hydrogen-bond donors (Lipinski definition) is 1. The van der Waals surface area contributed by atoms with Crippen molar-refractivity contribution in [3.63, 3.8) is 0 Å². The second kappa shape index (κ2) is 7.40. The Balaban J connectivity index is 1.72. The van der Waals surface area contributed by atoms with Gasteiger partial charge in [0.1, 0.15) is 16.9 Å². The quantitative estimate of drug-likeness (QED) is 0.484. The Morgan fingerprint density at radius 1 is 1.04 bits per heavy atom. The molecule has 0 spiro atoms. The van der Waals surface area contributed by atoms with Crippen LogP contribution in [0.15, 0.2) is 54.2 Å². The first kappa shape index (κ1) is 18.1. The highest BCUT2D eigenvalue weighted by atomic mass is 32.1. The van der Waals surface area contributed by atoms with Crippen LogP contribution in [0.5, 0.6) is 11.6 Å². The van der Waals surface area contributed by atoms with E-state index in [4.69, 9.17) is 4.74 Å². The zero-order valence-electron chi connectivity index (χ0n) is 15.8. The van der Waals surface area contributed by atoms with Gasteiger partial charge in [0, 0.05) is 23.6 Å². The van der Waals surface area contributed by atoms with E-state index in [-0.39, 0.29) is 5.91 Å². The van der Waals surface area contributed by atoms with Gasteiger partial charge in [-0.15, -0.1) is 11.3 Å². The summed E-state index contributed by atoms with van der Waals surface area (Å²) in [4.78, 5) is 20.8. The van der Waals surface area contributed by atoms with Gasteiger partial charge in [0.15, 0.2) is 0 Å². The van der Waals surface area contributed by atoms with Crippen LogP contribution < -0.4 is 10.1 Å². The lowest BCUT2D eigenvalue weighted by Gasteiger charge is -2.09. The molecule has 0 saturated carbocycles. The molecule has 0 radical (unpaired) electrons. The third kappa shape index (κ3) is 3.59. The molecule has 2 heterocycles. The van der Waals surface area contributed by atoms with E-state index in [0.29, 0.717) is 11.6 Å². The Morgan fingerprint density at radius 3 is 2.54 bits per heavy atom. The number of hydrogen-bond acceptors (Lipinski definition) is 5. The van der Waals surface area contributed by atoms with Crippen molar-refractivity contribution in [2.75, 3.05) is 5.32 Å². The molecule has 0 bridgehead atoms. The molecule has 1 amide bonds. The van der Waals surface area contributed by atoms with E-state index < -0.39 is 0 Å². The van der Waals surface area contributed by atoms with Gasteiger partial charge in [0.25, 0.3) is 0 Å². The molecular formula is C22H19N3O2S. The highest BCUT2D eigenvalue weighted by Gasteiger charge is 2.15. The number of nitrogens with one attached hydrogen (secondary N) is 1. The van der Waals surface area contributed by atoms with Crippen LogP contribution in [0.1, 0.15) is 18.1 Å². The van der Waals surface area contributed by atoms with Crippen molar-refractivity contribution in [3.8, 4) is 22.8 Å². The lowest BCUT2D eigenvalue weighted by molar-refractivity contribution is -0.114. The summed E-state index contributed by atoms with van der Waals surface area (Å²) in [5.41, 5.74) is 5.41. The van der Waals surface area contributed by atoms with Gasteiger partial charge in [-0.3, -0.25) is 4.79 Å². The number of ether oxygens (including phenoxy) is 1. The van der Waals surface area contributed by atoms with Gasteiger partial charge in [-0.1, -0.05) is 18.2 Å². The van der Waals surface area contributed by atoms with E-state index in [2.05, 4.69) is 52.7 Å². The Kier molecular flexibility index (Phi) is 4.79. The number of anilines is 1. The predicted octanol–water partition coefficient (Wildman–Crippen LogP) is 5.73. The van der Waals surface area contributed by atoms with Gasteiger partial charge in [-0.05, 0) is 54.8 Å². The second-order valence-corrected chi connectivity index (χ2v) is 7.47. The maximum atomic E-state index is 11.2. The maximum absolute atomic E-state index is 11.2. The van der Waals surface area contributed by atoms with Gasteiger partial charge in [0.2, 0.25) is 11.8 Å². The summed E-state index contributed by atoms with van der Waals surface area (Å²) in [6, 6.07) is 13.6. The summed E-state index contributed by atoms with van der Waals surface area (Å²) in [6.45, 7) is 5.69. The molecule has 0 saturated heterocycles. The predicted molar refractivity (Wildman–Crippen MR) is 113 cm³/mol. The van der Waals surface area contributed by atoms with Crippen molar-refractivity contribution in [2.45, 2.75) is 20.8 Å². The summed E-state index contributed by atoms with van der Waals surface area (Å²) in [5, 5.41) is 5.74. The fourth-order valence-corrected chi connectivity index (χ4v) is 3.87. The van der Waals surface area contributed by atoms with Crippen molar-refractivity contribution >= 4 is 33.1 Å². The van der Waals surface area contributed by atoms with Crippen molar-refractivity contribution in [1.29, 1.82) is 0 Å². The minimum absolute atomic E-state index is 0.109. The summed E-state index contributed by atoms with van der Waals surface area (Å²) in [7, 11) is 0. The van der Waals surface area contributed by atoms with Gasteiger partial charge < -0.3 is 10.1 Å². The lowest BCUT2D eigenvalue weighted by atomic mass is 10.0. The van der Waals surface area contributed by atoms with Crippen molar-refractivity contribution in [1.82, 2.24) is 9.97 Å². The number of benzene rings is 2. The second-order valence-electron chi connectivity index (χ2n) is 6.62. The summed E-state index contributed by atoms with van der Waals surface area (Å²) in [5.74, 6) is 1.06. The maximum Gasteiger partial charge on any atom is 0.231 e. The van der Waals surface area contributed by atoms with Crippen LogP contribution in [-0.4, -0.2) is 15.9 Å². The topological polar surface area (TPSA) is 64.1 Å². The van der Waals surface area contributed by atoms with Crippen molar-refractivity contribution in [3.05, 3.63) is 65.3 Å². The molecule has 140 valence electrons. The molecule has 0 fully saturated rings. The molecule has 0 aliphatic carbocycles. The van der Waals surface area contributed by atoms with Crippen LogP contribution in [-0.2, 0) is 4.79 Å². The first-order valence-corrected chi connectivity index (χ1v) is 9.74. The first-order valence-electron chi connectivity index (χ1n) is 8.86. The largest absolute Gasteiger partial charge is 0.438 e. The highest BCUT2D eigenvalue weighted by molar-refractivity contribution is 7.17. The number of thiophene rings is 1. The molecular weight excluding hydrogens is 370 g/mol. The fraction of sp³-hybridized carbons (Fsp3) is 0.136. The summed E-state index contributed by atoms with van der Waals surface area (Å²) in [6.07, 6.45) is 1.52. The van der Waals surface area contributed by atoms with Crippen LogP contribution in [0, 0.1) is 13.8 Å². The van der Waals surface area contributed by atoms with E-state index in [0.717, 1.165) is 27.0 Å². The third-order valence-electron chi connectivity index (χ3n) is 4.54. The molecule has 6 heteroatoms. The van der Waals surface area contributed by atoms with Crippen molar-refractivity contribution < 1.29 is 9.53 Å². The molecule has 0 aliphatic heterocycles. The van der Waals surface area contributed by atoms with Crippen LogP contribution in [0.2, 0.25) is 0 Å². The minimum Gasteiger partial charge on any atom is -0.438 e. The number of rotatable bonds is 4. The Hall–Kier alpha value is -3.25. The van der Waals surface area contributed by atoms with E-state index in [1.54, 1.807) is 35.6 Å². The van der Waals surface area contributed by atoms with Crippen LogP contribution in [0.4, 0.5) is 5.69 Å². The van der Waals surface area contributed by atoms with E-state index in [1.165, 1.54) is 24.4 Å². The molecule has 4 rings (SSSR count). The zero-order chi connectivity index (χ0) is 19.7. The minimum atomic E-state index is -0.109. The number of nitrogens with zero attached hydrogens (tertiary/aromatic N) is 2. The van der Waals surface area contributed by atoms with Crippen LogP contribution >= 0.6 is 11.3 Å². The number of fused-ring (bicyclic) bond motifs is 1. The van der Waals surface area contributed by atoms with E-state index >= 15 is 0 Å². The molecule has 4 aromatic rings. The first-order chi connectivity index (χ1) is 13.5. The highest BCUT2D eigenvalue weighted by Crippen LogP contribution is 2.39. The standard InChI is InChI=1S/C22H19N3O2S/c1-13-4-5-16(10-14(13)2)19-11-28-22-20(19)21(23-12-24-22)27-18-8-6-17(7-9-18)25-15(3)26/h4-12H,1-3H3,(H,25,26). The Morgan fingerprint density at radius 2 is 1.82 bits per heavy atom. The molecule has 5 nitrogen and oxygen atoms in total. The monoisotopic (exact) mass is 389 g/mol. The number of aryl methyl sites for hydroxylation is 2. The smallest absolute Gasteiger partial charge is 0.231 e. The number of amides is 1. The Bertz CT molecular complexity index is 1170. The molecule has 2 aromatic heterocycles. The van der Waals surface area contributed by atoms with Gasteiger partial charge in [-0.2, -0.15) is 0 Å². The average Bonchev–Trinajstić information content (AvgIpc) is 3.10. The lowest BCUT2D eigenvalue weighted by Crippen LogP contribution is -2.05. The molecule has 0 aliphatic rings. The molecule has 0 unspecified atom stereocenters. The number of carbonyl (C=O) groups excluding carboxylic acids is 1. The molecule has 2 aromatic carbocycles. The molecule has 1 N–H and O–H groups in total. The van der Waals surface area contributed by atoms with E-state index in [9.17, 15) is 4.79 Å². The van der Waals surface area contributed by atoms with Crippen molar-refractivity contribution in [2.24, 2.45) is 0 Å². The Labute approximate surface area is 167 Å². The fourth-order valence-electron chi connectivity index (χ4n) is 2.97. The summed E-state index contributed by atoms with van der Waals surface area (Å²) >= 11 is 1.57. The third-order valence-corrected chi connectivity index (χ3v) is 5.43. The molecule has 28 heavy (non-hydrogen) atoms. The summed E-state index contributed by atoms with van der Waals surface area (Å²) < 4.78 is 6.07. The van der Waals surface area contributed by atoms with Gasteiger partial charge >= 0.3 is 0 Å². The van der Waals surface area contributed by atoms with Crippen LogP contribution in [0.3, 0.4) is 0 Å².